The molecule has 8 heteroatoms. The fraction of sp³-hybridized carbons (Fsp3) is 0.150. The minimum atomic E-state index is -3.99. The second kappa shape index (κ2) is 9.09. The second-order valence-electron chi connectivity index (χ2n) is 6.02. The molecule has 0 aliphatic heterocycles. The molecule has 0 saturated carbocycles. The van der Waals surface area contributed by atoms with Crippen molar-refractivity contribution >= 4 is 27.3 Å². The first kappa shape index (κ1) is 20.2. The first-order valence-electron chi connectivity index (χ1n) is 8.59. The van der Waals surface area contributed by atoms with E-state index in [-0.39, 0.29) is 18.9 Å². The Morgan fingerprint density at radius 1 is 1.04 bits per heavy atom. The largest absolute Gasteiger partial charge is 0.352 e. The van der Waals surface area contributed by atoms with Crippen LogP contribution in [0.4, 0.5) is 4.39 Å². The standard InChI is InChI=1S/C20H19FN2O3S2/c21-18-7-3-4-8-19(18)28(25,26)23-11-9-20(24)22-13-15-5-1-2-6-17(15)16-10-12-27-14-16/h1-8,10,12,14,23H,9,11,13H2,(H,22,24). The highest BCUT2D eigenvalue weighted by molar-refractivity contribution is 7.89. The Kier molecular flexibility index (Phi) is 6.56. The summed E-state index contributed by atoms with van der Waals surface area (Å²) < 4.78 is 40.1. The van der Waals surface area contributed by atoms with Gasteiger partial charge in [0.2, 0.25) is 15.9 Å². The molecule has 28 heavy (non-hydrogen) atoms. The van der Waals surface area contributed by atoms with E-state index in [0.717, 1.165) is 22.8 Å². The van der Waals surface area contributed by atoms with Crippen molar-refractivity contribution in [3.63, 3.8) is 0 Å². The number of thiophene rings is 1. The molecule has 5 nitrogen and oxygen atoms in total. The van der Waals surface area contributed by atoms with Crippen molar-refractivity contribution < 1.29 is 17.6 Å². The van der Waals surface area contributed by atoms with E-state index in [4.69, 9.17) is 0 Å². The van der Waals surface area contributed by atoms with Crippen LogP contribution in [0.15, 0.2) is 70.3 Å². The van der Waals surface area contributed by atoms with Crippen molar-refractivity contribution in [2.24, 2.45) is 0 Å². The Hall–Kier alpha value is -2.55. The molecule has 1 amide bonds. The lowest BCUT2D eigenvalue weighted by atomic mass is 10.0. The number of carbonyl (C=O) groups excluding carboxylic acids is 1. The fourth-order valence-electron chi connectivity index (χ4n) is 2.70. The zero-order chi connectivity index (χ0) is 20.0. The van der Waals surface area contributed by atoms with Crippen molar-refractivity contribution in [3.05, 3.63) is 76.7 Å². The molecule has 0 bridgehead atoms. The highest BCUT2D eigenvalue weighted by Gasteiger charge is 2.18. The number of nitrogens with one attached hydrogen (secondary N) is 2. The summed E-state index contributed by atoms with van der Waals surface area (Å²) in [6, 6.07) is 14.9. The molecule has 0 unspecified atom stereocenters. The maximum Gasteiger partial charge on any atom is 0.243 e. The monoisotopic (exact) mass is 418 g/mol. The number of carbonyl (C=O) groups is 1. The summed E-state index contributed by atoms with van der Waals surface area (Å²) >= 11 is 1.60. The number of hydrogen-bond donors (Lipinski definition) is 2. The molecule has 0 spiro atoms. The molecule has 1 aromatic heterocycles. The zero-order valence-corrected chi connectivity index (χ0v) is 16.5. The average Bonchev–Trinajstić information content (AvgIpc) is 3.21. The molecule has 0 saturated heterocycles. The minimum absolute atomic E-state index is 0.0473. The highest BCUT2D eigenvalue weighted by Crippen LogP contribution is 2.25. The lowest BCUT2D eigenvalue weighted by Gasteiger charge is -2.11. The third kappa shape index (κ3) is 5.03. The van der Waals surface area contributed by atoms with Crippen LogP contribution >= 0.6 is 11.3 Å². The number of benzene rings is 2. The topological polar surface area (TPSA) is 75.3 Å². The van der Waals surface area contributed by atoms with Gasteiger partial charge in [0.1, 0.15) is 10.7 Å². The normalized spacial score (nSPS) is 11.3. The van der Waals surface area contributed by atoms with Crippen LogP contribution in [0.1, 0.15) is 12.0 Å². The summed E-state index contributed by atoms with van der Waals surface area (Å²) in [5.41, 5.74) is 3.11. The van der Waals surface area contributed by atoms with Gasteiger partial charge in [-0.3, -0.25) is 4.79 Å². The van der Waals surface area contributed by atoms with Gasteiger partial charge in [-0.25, -0.2) is 17.5 Å². The van der Waals surface area contributed by atoms with Gasteiger partial charge in [-0.05, 0) is 45.6 Å². The number of hydrogen-bond acceptors (Lipinski definition) is 4. The van der Waals surface area contributed by atoms with Gasteiger partial charge in [-0.2, -0.15) is 11.3 Å². The van der Waals surface area contributed by atoms with E-state index < -0.39 is 20.7 Å². The van der Waals surface area contributed by atoms with Crippen LogP contribution < -0.4 is 10.0 Å². The first-order chi connectivity index (χ1) is 13.5. The van der Waals surface area contributed by atoms with E-state index in [1.54, 1.807) is 11.3 Å². The number of halogens is 1. The predicted octanol–water partition coefficient (Wildman–Crippen LogP) is 3.54. The van der Waals surface area contributed by atoms with Gasteiger partial charge in [-0.15, -0.1) is 0 Å². The van der Waals surface area contributed by atoms with E-state index in [0.29, 0.717) is 6.54 Å². The molecule has 0 aliphatic carbocycles. The molecule has 2 N–H and O–H groups in total. The van der Waals surface area contributed by atoms with Gasteiger partial charge < -0.3 is 5.32 Å². The third-order valence-corrected chi connectivity index (χ3v) is 6.27. The molecular formula is C20H19FN2O3S2. The summed E-state index contributed by atoms with van der Waals surface area (Å²) in [5.74, 6) is -1.12. The molecule has 146 valence electrons. The Morgan fingerprint density at radius 3 is 2.54 bits per heavy atom. The quantitative estimate of drug-likeness (QED) is 0.588. The first-order valence-corrected chi connectivity index (χ1v) is 11.0. The van der Waals surface area contributed by atoms with E-state index in [1.165, 1.54) is 18.2 Å². The van der Waals surface area contributed by atoms with Crippen LogP contribution in [0.25, 0.3) is 11.1 Å². The SMILES string of the molecule is O=C(CCNS(=O)(=O)c1ccccc1F)NCc1ccccc1-c1ccsc1. The van der Waals surface area contributed by atoms with Crippen molar-refractivity contribution in [2.45, 2.75) is 17.9 Å². The molecule has 0 fully saturated rings. The van der Waals surface area contributed by atoms with Crippen LogP contribution in [0.2, 0.25) is 0 Å². The Balaban J connectivity index is 1.53. The van der Waals surface area contributed by atoms with Crippen molar-refractivity contribution in [1.29, 1.82) is 0 Å². The maximum atomic E-state index is 13.6. The van der Waals surface area contributed by atoms with Gasteiger partial charge in [0, 0.05) is 19.5 Å². The summed E-state index contributed by atoms with van der Waals surface area (Å²) in [7, 11) is -3.99. The maximum absolute atomic E-state index is 13.6. The molecule has 0 aliphatic rings. The smallest absolute Gasteiger partial charge is 0.243 e. The fourth-order valence-corrected chi connectivity index (χ4v) is 4.46. The van der Waals surface area contributed by atoms with Gasteiger partial charge in [0.05, 0.1) is 0 Å². The van der Waals surface area contributed by atoms with Crippen LogP contribution in [-0.4, -0.2) is 20.9 Å². The van der Waals surface area contributed by atoms with E-state index in [9.17, 15) is 17.6 Å². The van der Waals surface area contributed by atoms with Crippen molar-refractivity contribution in [1.82, 2.24) is 10.0 Å². The van der Waals surface area contributed by atoms with Crippen molar-refractivity contribution in [2.75, 3.05) is 6.54 Å². The molecule has 2 aromatic carbocycles. The minimum Gasteiger partial charge on any atom is -0.352 e. The Labute approximate surface area is 167 Å². The highest BCUT2D eigenvalue weighted by atomic mass is 32.2. The second-order valence-corrected chi connectivity index (χ2v) is 8.54. The van der Waals surface area contributed by atoms with Gasteiger partial charge >= 0.3 is 0 Å². The van der Waals surface area contributed by atoms with E-state index in [2.05, 4.69) is 10.0 Å². The molecule has 3 rings (SSSR count). The number of sulfonamides is 1. The summed E-state index contributed by atoms with van der Waals surface area (Å²) in [4.78, 5) is 11.7. The van der Waals surface area contributed by atoms with Crippen molar-refractivity contribution in [3.8, 4) is 11.1 Å². The van der Waals surface area contributed by atoms with Gasteiger partial charge in [0.25, 0.3) is 0 Å². The lowest BCUT2D eigenvalue weighted by Crippen LogP contribution is -2.31. The van der Waals surface area contributed by atoms with Crippen LogP contribution in [0.5, 0.6) is 0 Å². The summed E-state index contributed by atoms with van der Waals surface area (Å²) in [5, 5.41) is 6.83. The third-order valence-electron chi connectivity index (χ3n) is 4.10. The molecule has 1 heterocycles. The summed E-state index contributed by atoms with van der Waals surface area (Å²) in [6.45, 7) is 0.222. The van der Waals surface area contributed by atoms with E-state index >= 15 is 0 Å². The number of rotatable bonds is 8. The van der Waals surface area contributed by atoms with Crippen LogP contribution in [0, 0.1) is 5.82 Å². The molecular weight excluding hydrogens is 399 g/mol. The lowest BCUT2D eigenvalue weighted by molar-refractivity contribution is -0.121. The average molecular weight is 419 g/mol. The van der Waals surface area contributed by atoms with Crippen LogP contribution in [-0.2, 0) is 21.4 Å². The zero-order valence-electron chi connectivity index (χ0n) is 14.9. The van der Waals surface area contributed by atoms with Gasteiger partial charge in [-0.1, -0.05) is 36.4 Å². The molecule has 0 atom stereocenters. The van der Waals surface area contributed by atoms with Gasteiger partial charge in [0.15, 0.2) is 0 Å². The van der Waals surface area contributed by atoms with Crippen LogP contribution in [0.3, 0.4) is 0 Å². The Bertz CT molecular complexity index is 1050. The molecule has 3 aromatic rings. The van der Waals surface area contributed by atoms with E-state index in [1.807, 2.05) is 41.1 Å². The molecule has 0 radical (unpaired) electrons. The number of amides is 1. The summed E-state index contributed by atoms with van der Waals surface area (Å²) in [6.07, 6.45) is -0.0473. The Morgan fingerprint density at radius 2 is 1.79 bits per heavy atom. The predicted molar refractivity (Wildman–Crippen MR) is 108 cm³/mol.